The Morgan fingerprint density at radius 3 is 2.48 bits per heavy atom. The summed E-state index contributed by atoms with van der Waals surface area (Å²) in [6, 6.07) is 12.9. The third-order valence-electron chi connectivity index (χ3n) is 5.33. The first-order valence-corrected chi connectivity index (χ1v) is 12.2. The second kappa shape index (κ2) is 9.18. The number of rotatable bonds is 7. The molecule has 156 valence electrons. The largest absolute Gasteiger partial charge is 0.348 e. The lowest BCUT2D eigenvalue weighted by molar-refractivity contribution is -0.120. The molecule has 1 atom stereocenters. The first-order chi connectivity index (χ1) is 13.8. The molecule has 0 heterocycles. The van der Waals surface area contributed by atoms with Crippen LogP contribution >= 0.6 is 11.6 Å². The molecular weight excluding hydrogens is 408 g/mol. The molecule has 0 saturated heterocycles. The van der Waals surface area contributed by atoms with Crippen LogP contribution in [0.1, 0.15) is 48.9 Å². The van der Waals surface area contributed by atoms with E-state index in [0.29, 0.717) is 5.69 Å². The molecular formula is C22H27ClN2O3S. The smallest absolute Gasteiger partial charge is 0.241 e. The Morgan fingerprint density at radius 1 is 1.14 bits per heavy atom. The maximum Gasteiger partial charge on any atom is 0.241 e. The summed E-state index contributed by atoms with van der Waals surface area (Å²) in [7, 11) is -3.67. The van der Waals surface area contributed by atoms with Gasteiger partial charge in [0.25, 0.3) is 0 Å². The van der Waals surface area contributed by atoms with Crippen molar-refractivity contribution in [2.24, 2.45) is 0 Å². The molecule has 5 nitrogen and oxygen atoms in total. The van der Waals surface area contributed by atoms with Gasteiger partial charge in [-0.05, 0) is 60.9 Å². The quantitative estimate of drug-likeness (QED) is 0.708. The van der Waals surface area contributed by atoms with Crippen LogP contribution in [0.5, 0.6) is 0 Å². The number of hydrogen-bond acceptors (Lipinski definition) is 3. The van der Waals surface area contributed by atoms with Crippen molar-refractivity contribution in [3.63, 3.8) is 0 Å². The number of carbonyl (C=O) groups is 1. The van der Waals surface area contributed by atoms with E-state index in [9.17, 15) is 13.2 Å². The Bertz CT molecular complexity index is 991. The lowest BCUT2D eigenvalue weighted by atomic mass is 9.89. The van der Waals surface area contributed by atoms with E-state index in [0.717, 1.165) is 35.4 Å². The molecule has 0 radical (unpaired) electrons. The van der Waals surface area contributed by atoms with Crippen LogP contribution < -0.4 is 9.62 Å². The van der Waals surface area contributed by atoms with E-state index in [4.69, 9.17) is 11.6 Å². The summed E-state index contributed by atoms with van der Waals surface area (Å²) in [6.45, 7) is 1.69. The lowest BCUT2D eigenvalue weighted by Gasteiger charge is -2.25. The third kappa shape index (κ3) is 5.31. The molecule has 1 aliphatic rings. The highest BCUT2D eigenvalue weighted by molar-refractivity contribution is 7.92. The van der Waals surface area contributed by atoms with Gasteiger partial charge in [-0.1, -0.05) is 48.9 Å². The minimum atomic E-state index is -3.67. The number of aryl methyl sites for hydroxylation is 2. The Hall–Kier alpha value is -2.05. The summed E-state index contributed by atoms with van der Waals surface area (Å²) in [5.74, 6) is -0.361. The van der Waals surface area contributed by atoms with Crippen LogP contribution in [-0.4, -0.2) is 27.1 Å². The minimum Gasteiger partial charge on any atom is -0.348 e. The zero-order valence-corrected chi connectivity index (χ0v) is 18.4. The maximum atomic E-state index is 12.8. The summed E-state index contributed by atoms with van der Waals surface area (Å²) < 4.78 is 25.6. The molecule has 0 aromatic heterocycles. The van der Waals surface area contributed by atoms with Crippen LogP contribution in [0.3, 0.4) is 0 Å². The van der Waals surface area contributed by atoms with Crippen molar-refractivity contribution in [1.82, 2.24) is 5.32 Å². The summed E-state index contributed by atoms with van der Waals surface area (Å²) in [5, 5.41) is 3.28. The van der Waals surface area contributed by atoms with Gasteiger partial charge in [0, 0.05) is 0 Å². The first kappa shape index (κ1) is 21.7. The van der Waals surface area contributed by atoms with E-state index in [1.165, 1.54) is 24.0 Å². The number of hydrogen-bond donors (Lipinski definition) is 1. The van der Waals surface area contributed by atoms with Crippen molar-refractivity contribution >= 4 is 33.2 Å². The molecule has 0 saturated carbocycles. The van der Waals surface area contributed by atoms with Gasteiger partial charge in [-0.2, -0.15) is 0 Å². The van der Waals surface area contributed by atoms with Gasteiger partial charge in [-0.25, -0.2) is 8.42 Å². The van der Waals surface area contributed by atoms with Crippen LogP contribution in [0.2, 0.25) is 5.02 Å². The molecule has 7 heteroatoms. The number of anilines is 1. The second-order valence-corrected chi connectivity index (χ2v) is 9.80. The monoisotopic (exact) mass is 434 g/mol. The lowest BCUT2D eigenvalue weighted by Crippen LogP contribution is -2.41. The van der Waals surface area contributed by atoms with Crippen LogP contribution in [0, 0.1) is 0 Å². The molecule has 0 fully saturated rings. The molecule has 1 N–H and O–H groups in total. The molecule has 0 spiro atoms. The zero-order chi connectivity index (χ0) is 21.0. The van der Waals surface area contributed by atoms with Crippen molar-refractivity contribution in [2.75, 3.05) is 17.1 Å². The average molecular weight is 435 g/mol. The summed E-state index contributed by atoms with van der Waals surface area (Å²) in [4.78, 5) is 12.8. The normalized spacial score (nSPS) is 14.7. The zero-order valence-electron chi connectivity index (χ0n) is 16.8. The predicted molar refractivity (Wildman–Crippen MR) is 118 cm³/mol. The topological polar surface area (TPSA) is 66.5 Å². The second-order valence-electron chi connectivity index (χ2n) is 7.48. The highest BCUT2D eigenvalue weighted by Crippen LogP contribution is 2.28. The number of halogens is 1. The highest BCUT2D eigenvalue weighted by Gasteiger charge is 2.24. The van der Waals surface area contributed by atoms with Crippen molar-refractivity contribution in [1.29, 1.82) is 0 Å². The number of nitrogens with one attached hydrogen (secondary N) is 1. The fourth-order valence-electron chi connectivity index (χ4n) is 3.80. The molecule has 3 rings (SSSR count). The third-order valence-corrected chi connectivity index (χ3v) is 6.77. The van der Waals surface area contributed by atoms with E-state index >= 15 is 0 Å². The van der Waals surface area contributed by atoms with Gasteiger partial charge in [0.05, 0.1) is 23.0 Å². The SMILES string of the molecule is CCC(NC(=O)CN(c1ccccc1Cl)S(C)(=O)=O)c1ccc2c(c1)CCCC2. The van der Waals surface area contributed by atoms with Gasteiger partial charge in [-0.3, -0.25) is 9.10 Å². The highest BCUT2D eigenvalue weighted by atomic mass is 35.5. The fraction of sp³-hybridized carbons (Fsp3) is 0.409. The number of benzene rings is 2. The van der Waals surface area contributed by atoms with Crippen LogP contribution in [0.4, 0.5) is 5.69 Å². The number of nitrogens with zero attached hydrogens (tertiary/aromatic N) is 1. The molecule has 1 aliphatic carbocycles. The van der Waals surface area contributed by atoms with Crippen LogP contribution in [0.25, 0.3) is 0 Å². The standard InChI is InChI=1S/C22H27ClN2O3S/c1-3-20(18-13-12-16-8-4-5-9-17(16)14-18)24-22(26)15-25(29(2,27)28)21-11-7-6-10-19(21)23/h6-7,10-14,20H,3-5,8-9,15H2,1-2H3,(H,24,26). The molecule has 0 bridgehead atoms. The molecule has 0 aliphatic heterocycles. The summed E-state index contributed by atoms with van der Waals surface area (Å²) in [6.07, 6.45) is 6.39. The van der Waals surface area contributed by atoms with Crippen molar-refractivity contribution < 1.29 is 13.2 Å². The number of fused-ring (bicyclic) bond motifs is 1. The van der Waals surface area contributed by atoms with Gasteiger partial charge in [0.1, 0.15) is 6.54 Å². The van der Waals surface area contributed by atoms with Crippen molar-refractivity contribution in [3.05, 3.63) is 64.2 Å². The van der Waals surface area contributed by atoms with E-state index in [2.05, 4.69) is 23.5 Å². The maximum absolute atomic E-state index is 12.8. The molecule has 2 aromatic rings. The summed E-state index contributed by atoms with van der Waals surface area (Å²) in [5.41, 5.74) is 4.11. The summed E-state index contributed by atoms with van der Waals surface area (Å²) >= 11 is 6.17. The number of para-hydroxylation sites is 1. The molecule has 29 heavy (non-hydrogen) atoms. The van der Waals surface area contributed by atoms with E-state index < -0.39 is 10.0 Å². The number of carbonyl (C=O) groups excluding carboxylic acids is 1. The van der Waals surface area contributed by atoms with Gasteiger partial charge >= 0.3 is 0 Å². The van der Waals surface area contributed by atoms with Gasteiger partial charge in [0.2, 0.25) is 15.9 Å². The van der Waals surface area contributed by atoms with Crippen molar-refractivity contribution in [3.8, 4) is 0 Å². The van der Waals surface area contributed by atoms with E-state index in [1.54, 1.807) is 24.3 Å². The number of amides is 1. The average Bonchev–Trinajstić information content (AvgIpc) is 2.70. The van der Waals surface area contributed by atoms with Crippen LogP contribution in [0.15, 0.2) is 42.5 Å². The first-order valence-electron chi connectivity index (χ1n) is 9.93. The predicted octanol–water partition coefficient (Wildman–Crippen LogP) is 4.25. The van der Waals surface area contributed by atoms with E-state index in [1.807, 2.05) is 6.92 Å². The Balaban J connectivity index is 1.77. The van der Waals surface area contributed by atoms with E-state index in [-0.39, 0.29) is 23.5 Å². The molecule has 1 amide bonds. The van der Waals surface area contributed by atoms with Crippen molar-refractivity contribution in [2.45, 2.75) is 45.1 Å². The van der Waals surface area contributed by atoms with Gasteiger partial charge in [0.15, 0.2) is 0 Å². The Labute approximate surface area is 178 Å². The van der Waals surface area contributed by atoms with Gasteiger partial charge < -0.3 is 5.32 Å². The minimum absolute atomic E-state index is 0.164. The molecule has 1 unspecified atom stereocenters. The fourth-order valence-corrected chi connectivity index (χ4v) is 4.95. The Kier molecular flexibility index (Phi) is 6.85. The van der Waals surface area contributed by atoms with Gasteiger partial charge in [-0.15, -0.1) is 0 Å². The number of sulfonamides is 1. The van der Waals surface area contributed by atoms with Crippen LogP contribution in [-0.2, 0) is 27.7 Å². The molecule has 2 aromatic carbocycles. The Morgan fingerprint density at radius 2 is 1.83 bits per heavy atom.